The van der Waals surface area contributed by atoms with Gasteiger partial charge in [-0.2, -0.15) is 0 Å². The summed E-state index contributed by atoms with van der Waals surface area (Å²) < 4.78 is 13.7. The molecule has 5 heteroatoms. The first kappa shape index (κ1) is 13.5. The minimum atomic E-state index is -0.506. The maximum atomic E-state index is 13.7. The van der Waals surface area contributed by atoms with Crippen LogP contribution in [0.4, 0.5) is 4.39 Å². The number of amides is 2. The molecule has 1 aromatic carbocycles. The number of hydrogen-bond donors (Lipinski definition) is 1. The number of benzene rings is 1. The lowest BCUT2D eigenvalue weighted by Gasteiger charge is -2.16. The third-order valence-corrected chi connectivity index (χ3v) is 3.45. The summed E-state index contributed by atoms with van der Waals surface area (Å²) in [5.41, 5.74) is 0.849. The van der Waals surface area contributed by atoms with E-state index >= 15 is 0 Å². The normalized spacial score (nSPS) is 18.5. The summed E-state index contributed by atoms with van der Waals surface area (Å²) >= 11 is 0. The highest BCUT2D eigenvalue weighted by atomic mass is 19.1. The van der Waals surface area contributed by atoms with Crippen LogP contribution >= 0.6 is 0 Å². The van der Waals surface area contributed by atoms with E-state index in [0.717, 1.165) is 5.56 Å². The van der Waals surface area contributed by atoms with Gasteiger partial charge in [-0.3, -0.25) is 9.59 Å². The Bertz CT molecular complexity index is 516. The third kappa shape index (κ3) is 2.75. The molecule has 0 saturated carbocycles. The average molecular weight is 264 g/mol. The van der Waals surface area contributed by atoms with Gasteiger partial charge in [0, 0.05) is 20.1 Å². The van der Waals surface area contributed by atoms with Crippen molar-refractivity contribution in [2.24, 2.45) is 5.92 Å². The van der Waals surface area contributed by atoms with Crippen LogP contribution in [0.5, 0.6) is 0 Å². The maximum Gasteiger partial charge on any atom is 0.256 e. The Balaban J connectivity index is 2.11. The Hall–Kier alpha value is -1.91. The lowest BCUT2D eigenvalue weighted by molar-refractivity contribution is -0.124. The molecule has 0 bridgehead atoms. The highest BCUT2D eigenvalue weighted by Gasteiger charge is 2.31. The molecular formula is C14H17FN2O2. The smallest absolute Gasteiger partial charge is 0.256 e. The van der Waals surface area contributed by atoms with E-state index in [9.17, 15) is 14.0 Å². The van der Waals surface area contributed by atoms with Gasteiger partial charge < -0.3 is 10.2 Å². The molecule has 2 rings (SSSR count). The van der Waals surface area contributed by atoms with Crippen molar-refractivity contribution in [2.75, 3.05) is 20.1 Å². The van der Waals surface area contributed by atoms with E-state index in [0.29, 0.717) is 19.5 Å². The maximum absolute atomic E-state index is 13.7. The van der Waals surface area contributed by atoms with Gasteiger partial charge in [0.15, 0.2) is 0 Å². The van der Waals surface area contributed by atoms with Crippen LogP contribution in [0.2, 0.25) is 0 Å². The summed E-state index contributed by atoms with van der Waals surface area (Å²) in [5, 5.41) is 2.57. The molecule has 0 spiro atoms. The third-order valence-electron chi connectivity index (χ3n) is 3.45. The Morgan fingerprint density at radius 3 is 2.79 bits per heavy atom. The average Bonchev–Trinajstić information content (AvgIpc) is 2.86. The van der Waals surface area contributed by atoms with E-state index in [4.69, 9.17) is 0 Å². The largest absolute Gasteiger partial charge is 0.359 e. The number of aryl methyl sites for hydroxylation is 1. The minimum absolute atomic E-state index is 0.0697. The number of carbonyl (C=O) groups is 2. The first-order valence-corrected chi connectivity index (χ1v) is 6.30. The van der Waals surface area contributed by atoms with Crippen LogP contribution in [0, 0.1) is 18.7 Å². The zero-order valence-electron chi connectivity index (χ0n) is 11.1. The fourth-order valence-electron chi connectivity index (χ4n) is 2.33. The van der Waals surface area contributed by atoms with Gasteiger partial charge in [0.2, 0.25) is 5.91 Å². The van der Waals surface area contributed by atoms with Crippen LogP contribution in [0.1, 0.15) is 22.3 Å². The molecule has 1 aliphatic rings. The second-order valence-corrected chi connectivity index (χ2v) is 4.83. The number of carbonyl (C=O) groups excluding carboxylic acids is 2. The monoisotopic (exact) mass is 264 g/mol. The molecule has 1 N–H and O–H groups in total. The number of rotatable bonds is 2. The van der Waals surface area contributed by atoms with Crippen molar-refractivity contribution in [3.05, 3.63) is 35.1 Å². The zero-order valence-corrected chi connectivity index (χ0v) is 11.1. The first-order chi connectivity index (χ1) is 9.02. The summed E-state index contributed by atoms with van der Waals surface area (Å²) in [6.07, 6.45) is 0.624. The van der Waals surface area contributed by atoms with E-state index in [2.05, 4.69) is 5.32 Å². The van der Waals surface area contributed by atoms with E-state index in [1.54, 1.807) is 20.0 Å². The molecular weight excluding hydrogens is 247 g/mol. The van der Waals surface area contributed by atoms with Gasteiger partial charge in [-0.05, 0) is 31.0 Å². The molecule has 1 heterocycles. The second kappa shape index (κ2) is 5.38. The fourth-order valence-corrected chi connectivity index (χ4v) is 2.33. The van der Waals surface area contributed by atoms with Crippen LogP contribution < -0.4 is 5.32 Å². The number of nitrogens with one attached hydrogen (secondary N) is 1. The quantitative estimate of drug-likeness (QED) is 0.876. The highest BCUT2D eigenvalue weighted by molar-refractivity contribution is 5.95. The molecule has 0 aromatic heterocycles. The Labute approximate surface area is 111 Å². The molecule has 1 atom stereocenters. The minimum Gasteiger partial charge on any atom is -0.359 e. The fraction of sp³-hybridized carbons (Fsp3) is 0.429. The van der Waals surface area contributed by atoms with Crippen LogP contribution in [-0.4, -0.2) is 36.9 Å². The van der Waals surface area contributed by atoms with Crippen molar-refractivity contribution >= 4 is 11.8 Å². The van der Waals surface area contributed by atoms with Crippen molar-refractivity contribution in [2.45, 2.75) is 13.3 Å². The van der Waals surface area contributed by atoms with Crippen molar-refractivity contribution in [3.63, 3.8) is 0 Å². The van der Waals surface area contributed by atoms with E-state index in [1.807, 2.05) is 0 Å². The highest BCUT2D eigenvalue weighted by Crippen LogP contribution is 2.20. The van der Waals surface area contributed by atoms with Gasteiger partial charge in [0.05, 0.1) is 11.5 Å². The SMILES string of the molecule is CNC(=O)[C@@H]1CCN(C(=O)c2ccc(C)cc2F)C1. The van der Waals surface area contributed by atoms with Gasteiger partial charge in [-0.1, -0.05) is 6.07 Å². The topological polar surface area (TPSA) is 49.4 Å². The van der Waals surface area contributed by atoms with Crippen LogP contribution in [0.3, 0.4) is 0 Å². The predicted octanol–water partition coefficient (Wildman–Crippen LogP) is 1.34. The molecule has 1 aromatic rings. The molecule has 19 heavy (non-hydrogen) atoms. The van der Waals surface area contributed by atoms with E-state index < -0.39 is 5.82 Å². The zero-order chi connectivity index (χ0) is 14.0. The van der Waals surface area contributed by atoms with Crippen molar-refractivity contribution in [1.82, 2.24) is 10.2 Å². The van der Waals surface area contributed by atoms with Gasteiger partial charge in [0.1, 0.15) is 5.82 Å². The van der Waals surface area contributed by atoms with Gasteiger partial charge >= 0.3 is 0 Å². The summed E-state index contributed by atoms with van der Waals surface area (Å²) in [6, 6.07) is 4.56. The molecule has 0 aliphatic carbocycles. The van der Waals surface area contributed by atoms with Gasteiger partial charge in [-0.15, -0.1) is 0 Å². The van der Waals surface area contributed by atoms with Crippen molar-refractivity contribution in [1.29, 1.82) is 0 Å². The molecule has 4 nitrogen and oxygen atoms in total. The van der Waals surface area contributed by atoms with Gasteiger partial charge in [0.25, 0.3) is 5.91 Å². The Kier molecular flexibility index (Phi) is 3.83. The molecule has 1 aliphatic heterocycles. The molecule has 0 radical (unpaired) electrons. The van der Waals surface area contributed by atoms with Gasteiger partial charge in [-0.25, -0.2) is 4.39 Å². The predicted molar refractivity (Wildman–Crippen MR) is 69.2 cm³/mol. The molecule has 102 valence electrons. The number of nitrogens with zero attached hydrogens (tertiary/aromatic N) is 1. The molecule has 1 saturated heterocycles. The number of hydrogen-bond acceptors (Lipinski definition) is 2. The second-order valence-electron chi connectivity index (χ2n) is 4.83. The van der Waals surface area contributed by atoms with E-state index in [1.165, 1.54) is 17.0 Å². The van der Waals surface area contributed by atoms with Crippen molar-refractivity contribution < 1.29 is 14.0 Å². The first-order valence-electron chi connectivity index (χ1n) is 6.30. The van der Waals surface area contributed by atoms with Crippen molar-refractivity contribution in [3.8, 4) is 0 Å². The summed E-state index contributed by atoms with van der Waals surface area (Å²) in [5.74, 6) is -1.11. The van der Waals surface area contributed by atoms with Crippen LogP contribution in [0.15, 0.2) is 18.2 Å². The summed E-state index contributed by atoms with van der Waals surface area (Å²) in [6.45, 7) is 2.62. The summed E-state index contributed by atoms with van der Waals surface area (Å²) in [7, 11) is 1.58. The number of halogens is 1. The van der Waals surface area contributed by atoms with E-state index in [-0.39, 0.29) is 23.3 Å². The summed E-state index contributed by atoms with van der Waals surface area (Å²) in [4.78, 5) is 25.2. The lowest BCUT2D eigenvalue weighted by atomic mass is 10.1. The molecule has 1 fully saturated rings. The molecule has 2 amide bonds. The Morgan fingerprint density at radius 2 is 2.16 bits per heavy atom. The van der Waals surface area contributed by atoms with Crippen LogP contribution in [-0.2, 0) is 4.79 Å². The van der Waals surface area contributed by atoms with Crippen LogP contribution in [0.25, 0.3) is 0 Å². The Morgan fingerprint density at radius 1 is 1.42 bits per heavy atom. The lowest BCUT2D eigenvalue weighted by Crippen LogP contribution is -2.33. The standard InChI is InChI=1S/C14H17FN2O2/c1-9-3-4-11(12(15)7-9)14(19)17-6-5-10(8-17)13(18)16-2/h3-4,7,10H,5-6,8H2,1-2H3,(H,16,18)/t10-/m1/s1. The molecule has 0 unspecified atom stereocenters. The number of likely N-dealkylation sites (tertiary alicyclic amines) is 1.